The minimum atomic E-state index is -0.334. The van der Waals surface area contributed by atoms with Crippen LogP contribution < -0.4 is 5.32 Å². The third kappa shape index (κ3) is 3.16. The molecule has 0 aromatic heterocycles. The molecule has 0 atom stereocenters. The van der Waals surface area contributed by atoms with Crippen molar-refractivity contribution in [3.8, 4) is 0 Å². The third-order valence-corrected chi connectivity index (χ3v) is 3.28. The molecular weight excluding hydrogens is 285 g/mol. The fourth-order valence-electron chi connectivity index (χ4n) is 1.83. The van der Waals surface area contributed by atoms with Gasteiger partial charge in [-0.05, 0) is 37.5 Å². The van der Waals surface area contributed by atoms with Gasteiger partial charge in [0.25, 0.3) is 0 Å². The van der Waals surface area contributed by atoms with Crippen LogP contribution in [0.1, 0.15) is 25.7 Å². The zero-order valence-corrected chi connectivity index (χ0v) is 10.9. The number of carbonyl (C=O) groups excluding carboxylic acids is 1. The average molecular weight is 298 g/mol. The first-order chi connectivity index (χ1) is 8.16. The first kappa shape index (κ1) is 12.3. The molecule has 1 saturated carbocycles. The number of hydrogen-bond acceptors (Lipinski definition) is 2. The Morgan fingerprint density at radius 2 is 2.06 bits per heavy atom. The zero-order chi connectivity index (χ0) is 12.3. The Labute approximate surface area is 108 Å². The van der Waals surface area contributed by atoms with Crippen LogP contribution in [0, 0.1) is 5.82 Å². The summed E-state index contributed by atoms with van der Waals surface area (Å²) in [6.45, 7) is 0. The van der Waals surface area contributed by atoms with E-state index in [1.807, 2.05) is 0 Å². The predicted octanol–water partition coefficient (Wildman–Crippen LogP) is 4.03. The SMILES string of the molecule is O=C1CCCCC1=CNc1ccc(Br)cc1F. The first-order valence-electron chi connectivity index (χ1n) is 5.60. The van der Waals surface area contributed by atoms with Crippen LogP contribution in [0.2, 0.25) is 0 Å². The number of allylic oxidation sites excluding steroid dienone is 1. The maximum absolute atomic E-state index is 13.5. The zero-order valence-electron chi connectivity index (χ0n) is 9.30. The highest BCUT2D eigenvalue weighted by Gasteiger charge is 2.14. The molecule has 1 aromatic rings. The van der Waals surface area contributed by atoms with E-state index in [2.05, 4.69) is 21.2 Å². The summed E-state index contributed by atoms with van der Waals surface area (Å²) in [5, 5.41) is 2.86. The molecule has 1 aromatic carbocycles. The summed E-state index contributed by atoms with van der Waals surface area (Å²) in [5.74, 6) is -0.166. The van der Waals surface area contributed by atoms with Crippen LogP contribution in [0.15, 0.2) is 34.4 Å². The quantitative estimate of drug-likeness (QED) is 0.835. The van der Waals surface area contributed by atoms with Crippen molar-refractivity contribution in [3.05, 3.63) is 40.3 Å². The molecule has 0 aliphatic heterocycles. The molecule has 1 N–H and O–H groups in total. The van der Waals surface area contributed by atoms with Crippen molar-refractivity contribution >= 4 is 27.4 Å². The Morgan fingerprint density at radius 3 is 2.76 bits per heavy atom. The molecule has 90 valence electrons. The van der Waals surface area contributed by atoms with Gasteiger partial charge in [-0.1, -0.05) is 15.9 Å². The van der Waals surface area contributed by atoms with Crippen molar-refractivity contribution < 1.29 is 9.18 Å². The van der Waals surface area contributed by atoms with Crippen molar-refractivity contribution in [1.29, 1.82) is 0 Å². The molecule has 0 heterocycles. The Balaban J connectivity index is 2.10. The molecule has 0 unspecified atom stereocenters. The van der Waals surface area contributed by atoms with Crippen molar-refractivity contribution in [3.63, 3.8) is 0 Å². The van der Waals surface area contributed by atoms with E-state index in [9.17, 15) is 9.18 Å². The normalized spacial score (nSPS) is 18.5. The van der Waals surface area contributed by atoms with Gasteiger partial charge in [-0.15, -0.1) is 0 Å². The Hall–Kier alpha value is -1.16. The van der Waals surface area contributed by atoms with Gasteiger partial charge >= 0.3 is 0 Å². The smallest absolute Gasteiger partial charge is 0.160 e. The number of carbonyl (C=O) groups is 1. The molecule has 4 heteroatoms. The van der Waals surface area contributed by atoms with Gasteiger partial charge in [-0.3, -0.25) is 4.79 Å². The number of Topliss-reactive ketones (excluding diaryl/α,β-unsaturated/α-hetero) is 1. The third-order valence-electron chi connectivity index (χ3n) is 2.79. The highest BCUT2D eigenvalue weighted by atomic mass is 79.9. The molecule has 2 rings (SSSR count). The lowest BCUT2D eigenvalue weighted by Crippen LogP contribution is -2.10. The molecule has 0 saturated heterocycles. The van der Waals surface area contributed by atoms with Crippen molar-refractivity contribution in [2.24, 2.45) is 0 Å². The van der Waals surface area contributed by atoms with E-state index >= 15 is 0 Å². The second-order valence-electron chi connectivity index (χ2n) is 4.07. The van der Waals surface area contributed by atoms with E-state index in [0.717, 1.165) is 24.8 Å². The van der Waals surface area contributed by atoms with Crippen molar-refractivity contribution in [2.75, 3.05) is 5.32 Å². The lowest BCUT2D eigenvalue weighted by molar-refractivity contribution is -0.116. The topological polar surface area (TPSA) is 29.1 Å². The number of benzene rings is 1. The molecule has 1 aliphatic rings. The molecule has 0 radical (unpaired) electrons. The second kappa shape index (κ2) is 5.45. The number of hydrogen-bond donors (Lipinski definition) is 1. The molecule has 2 nitrogen and oxygen atoms in total. The van der Waals surface area contributed by atoms with Crippen LogP contribution in [0.3, 0.4) is 0 Å². The fraction of sp³-hybridized carbons (Fsp3) is 0.308. The predicted molar refractivity (Wildman–Crippen MR) is 69.3 cm³/mol. The second-order valence-corrected chi connectivity index (χ2v) is 4.98. The Morgan fingerprint density at radius 1 is 1.29 bits per heavy atom. The lowest BCUT2D eigenvalue weighted by Gasteiger charge is -2.13. The van der Waals surface area contributed by atoms with Crippen LogP contribution >= 0.6 is 15.9 Å². The standard InChI is InChI=1S/C13H13BrFNO/c14-10-5-6-12(11(15)7-10)16-8-9-3-1-2-4-13(9)17/h5-8,16H,1-4H2. The molecule has 1 fully saturated rings. The number of rotatable bonds is 2. The van der Waals surface area contributed by atoms with Gasteiger partial charge in [-0.25, -0.2) is 4.39 Å². The number of nitrogens with one attached hydrogen (secondary N) is 1. The van der Waals surface area contributed by atoms with E-state index in [1.54, 1.807) is 18.3 Å². The fourth-order valence-corrected chi connectivity index (χ4v) is 2.16. The molecule has 0 amide bonds. The minimum absolute atomic E-state index is 0.168. The molecule has 0 bridgehead atoms. The van der Waals surface area contributed by atoms with Gasteiger partial charge < -0.3 is 5.32 Å². The summed E-state index contributed by atoms with van der Waals surface area (Å²) in [7, 11) is 0. The lowest BCUT2D eigenvalue weighted by atomic mass is 9.94. The minimum Gasteiger partial charge on any atom is -0.359 e. The van der Waals surface area contributed by atoms with E-state index < -0.39 is 0 Å². The number of ketones is 1. The van der Waals surface area contributed by atoms with Crippen LogP contribution in [0.5, 0.6) is 0 Å². The van der Waals surface area contributed by atoms with Gasteiger partial charge in [0.15, 0.2) is 5.78 Å². The summed E-state index contributed by atoms with van der Waals surface area (Å²) in [5.41, 5.74) is 1.15. The average Bonchev–Trinajstić information content (AvgIpc) is 2.30. The highest BCUT2D eigenvalue weighted by molar-refractivity contribution is 9.10. The van der Waals surface area contributed by atoms with Gasteiger partial charge in [0.05, 0.1) is 5.69 Å². The van der Waals surface area contributed by atoms with Crippen LogP contribution in [-0.4, -0.2) is 5.78 Å². The van der Waals surface area contributed by atoms with E-state index in [-0.39, 0.29) is 11.6 Å². The van der Waals surface area contributed by atoms with Crippen LogP contribution in [-0.2, 0) is 4.79 Å². The van der Waals surface area contributed by atoms with E-state index in [0.29, 0.717) is 16.6 Å². The molecular formula is C13H13BrFNO. The Kier molecular flexibility index (Phi) is 3.94. The van der Waals surface area contributed by atoms with Crippen molar-refractivity contribution in [2.45, 2.75) is 25.7 Å². The molecule has 1 aliphatic carbocycles. The number of halogens is 2. The van der Waals surface area contributed by atoms with E-state index in [1.165, 1.54) is 6.07 Å². The van der Waals surface area contributed by atoms with Gasteiger partial charge in [0, 0.05) is 22.7 Å². The number of anilines is 1. The summed E-state index contributed by atoms with van der Waals surface area (Å²) in [6, 6.07) is 4.79. The van der Waals surface area contributed by atoms with Gasteiger partial charge in [-0.2, -0.15) is 0 Å². The maximum atomic E-state index is 13.5. The first-order valence-corrected chi connectivity index (χ1v) is 6.40. The Bertz CT molecular complexity index is 470. The molecule has 0 spiro atoms. The highest BCUT2D eigenvalue weighted by Crippen LogP contribution is 2.22. The van der Waals surface area contributed by atoms with Gasteiger partial charge in [0.1, 0.15) is 5.82 Å². The largest absolute Gasteiger partial charge is 0.359 e. The van der Waals surface area contributed by atoms with Crippen LogP contribution in [0.4, 0.5) is 10.1 Å². The summed E-state index contributed by atoms with van der Waals surface area (Å²) in [6.07, 6.45) is 5.01. The monoisotopic (exact) mass is 297 g/mol. The molecule has 17 heavy (non-hydrogen) atoms. The van der Waals surface area contributed by atoms with Gasteiger partial charge in [0.2, 0.25) is 0 Å². The van der Waals surface area contributed by atoms with Crippen molar-refractivity contribution in [1.82, 2.24) is 0 Å². The van der Waals surface area contributed by atoms with Crippen LogP contribution in [0.25, 0.3) is 0 Å². The summed E-state index contributed by atoms with van der Waals surface area (Å²) < 4.78 is 14.2. The van der Waals surface area contributed by atoms with E-state index in [4.69, 9.17) is 0 Å². The summed E-state index contributed by atoms with van der Waals surface area (Å²) in [4.78, 5) is 11.5. The summed E-state index contributed by atoms with van der Waals surface area (Å²) >= 11 is 3.20. The maximum Gasteiger partial charge on any atom is 0.160 e.